The molecule has 0 unspecified atom stereocenters. The number of hydrogen-bond donors (Lipinski definition) is 0. The van der Waals surface area contributed by atoms with Gasteiger partial charge in [-0.2, -0.15) is 0 Å². The van der Waals surface area contributed by atoms with E-state index in [0.29, 0.717) is 17.4 Å². The van der Waals surface area contributed by atoms with Gasteiger partial charge in [-0.25, -0.2) is 19.6 Å². The second kappa shape index (κ2) is 7.12. The van der Waals surface area contributed by atoms with E-state index in [1.807, 2.05) is 46.8 Å². The predicted octanol–water partition coefficient (Wildman–Crippen LogP) is 3.16. The average molecular weight is 387 g/mol. The van der Waals surface area contributed by atoms with Crippen LogP contribution in [0.3, 0.4) is 0 Å². The molecule has 146 valence electrons. The summed E-state index contributed by atoms with van der Waals surface area (Å²) in [6, 6.07) is 7.95. The fraction of sp³-hybridized carbons (Fsp3) is 0.286. The van der Waals surface area contributed by atoms with Crippen molar-refractivity contribution in [1.29, 1.82) is 0 Å². The molecule has 0 bridgehead atoms. The lowest BCUT2D eigenvalue weighted by atomic mass is 9.92. The van der Waals surface area contributed by atoms with Crippen LogP contribution in [0.5, 0.6) is 5.88 Å². The smallest absolute Gasteiger partial charge is 0.238 e. The Bertz CT molecular complexity index is 1150. The molecule has 0 saturated carbocycles. The predicted molar refractivity (Wildman–Crippen MR) is 107 cm³/mol. The van der Waals surface area contributed by atoms with E-state index < -0.39 is 0 Å². The van der Waals surface area contributed by atoms with Crippen LogP contribution in [0, 0.1) is 6.92 Å². The monoisotopic (exact) mass is 387 g/mol. The largest absolute Gasteiger partial charge is 0.479 e. The number of fused-ring (bicyclic) bond motifs is 1. The summed E-state index contributed by atoms with van der Waals surface area (Å²) in [6.45, 7) is 2.81. The Morgan fingerprint density at radius 2 is 2.10 bits per heavy atom. The van der Waals surface area contributed by atoms with Crippen molar-refractivity contribution in [3.05, 3.63) is 66.3 Å². The molecule has 0 spiro atoms. The SMILES string of the molecule is COc1nc(-c2nc3n(n2)CCC[C@@H]3c2cccnc2)ccc1-n1cnc(C)c1. The van der Waals surface area contributed by atoms with E-state index in [2.05, 4.69) is 21.0 Å². The number of ether oxygens (including phenoxy) is 1. The van der Waals surface area contributed by atoms with Crippen LogP contribution >= 0.6 is 0 Å². The third kappa shape index (κ3) is 3.16. The number of methoxy groups -OCH3 is 1. The molecule has 1 aliphatic heterocycles. The molecule has 8 heteroatoms. The van der Waals surface area contributed by atoms with Gasteiger partial charge in [0.05, 0.1) is 19.1 Å². The lowest BCUT2D eigenvalue weighted by Gasteiger charge is -2.21. The Kier molecular flexibility index (Phi) is 4.31. The Morgan fingerprint density at radius 3 is 2.86 bits per heavy atom. The first-order valence-corrected chi connectivity index (χ1v) is 9.64. The molecule has 4 aromatic heterocycles. The molecule has 5 rings (SSSR count). The fourth-order valence-corrected chi connectivity index (χ4v) is 3.81. The zero-order valence-corrected chi connectivity index (χ0v) is 16.4. The maximum absolute atomic E-state index is 5.53. The van der Waals surface area contributed by atoms with Gasteiger partial charge < -0.3 is 9.30 Å². The summed E-state index contributed by atoms with van der Waals surface area (Å²) >= 11 is 0. The zero-order chi connectivity index (χ0) is 19.8. The Balaban J connectivity index is 1.53. The van der Waals surface area contributed by atoms with Crippen LogP contribution in [0.15, 0.2) is 49.2 Å². The second-order valence-electron chi connectivity index (χ2n) is 7.15. The zero-order valence-electron chi connectivity index (χ0n) is 16.4. The highest BCUT2D eigenvalue weighted by atomic mass is 16.5. The molecule has 4 aromatic rings. The van der Waals surface area contributed by atoms with Gasteiger partial charge in [-0.15, -0.1) is 5.10 Å². The molecule has 0 aliphatic carbocycles. The van der Waals surface area contributed by atoms with Gasteiger partial charge >= 0.3 is 0 Å². The molecule has 8 nitrogen and oxygen atoms in total. The van der Waals surface area contributed by atoms with Gasteiger partial charge in [0.1, 0.15) is 17.2 Å². The van der Waals surface area contributed by atoms with Crippen molar-refractivity contribution in [2.75, 3.05) is 7.11 Å². The van der Waals surface area contributed by atoms with E-state index in [1.165, 1.54) is 5.56 Å². The number of hydrogen-bond acceptors (Lipinski definition) is 6. The first-order chi connectivity index (χ1) is 14.2. The highest BCUT2D eigenvalue weighted by molar-refractivity contribution is 5.55. The van der Waals surface area contributed by atoms with Crippen LogP contribution in [-0.2, 0) is 6.54 Å². The Hall–Kier alpha value is -3.55. The van der Waals surface area contributed by atoms with Crippen molar-refractivity contribution in [2.24, 2.45) is 0 Å². The molecule has 5 heterocycles. The first-order valence-electron chi connectivity index (χ1n) is 9.64. The van der Waals surface area contributed by atoms with Crippen LogP contribution in [0.2, 0.25) is 0 Å². The van der Waals surface area contributed by atoms with Gasteiger partial charge in [0.15, 0.2) is 5.82 Å². The summed E-state index contributed by atoms with van der Waals surface area (Å²) in [5.41, 5.74) is 3.62. The number of rotatable bonds is 4. The Morgan fingerprint density at radius 1 is 1.17 bits per heavy atom. The van der Waals surface area contributed by atoms with Gasteiger partial charge in [0, 0.05) is 31.1 Å². The summed E-state index contributed by atoms with van der Waals surface area (Å²) in [4.78, 5) is 18.1. The van der Waals surface area contributed by atoms with Crippen LogP contribution in [0.1, 0.15) is 35.8 Å². The lowest BCUT2D eigenvalue weighted by Crippen LogP contribution is -2.18. The van der Waals surface area contributed by atoms with E-state index in [0.717, 1.165) is 36.6 Å². The molecular formula is C21H21N7O. The van der Waals surface area contributed by atoms with Crippen molar-refractivity contribution in [1.82, 2.24) is 34.3 Å². The normalized spacial score (nSPS) is 15.9. The minimum absolute atomic E-state index is 0.203. The van der Waals surface area contributed by atoms with Crippen molar-refractivity contribution < 1.29 is 4.74 Å². The minimum Gasteiger partial charge on any atom is -0.479 e. The van der Waals surface area contributed by atoms with Crippen molar-refractivity contribution >= 4 is 0 Å². The highest BCUT2D eigenvalue weighted by Gasteiger charge is 2.26. The van der Waals surface area contributed by atoms with E-state index >= 15 is 0 Å². The maximum atomic E-state index is 5.53. The van der Waals surface area contributed by atoms with Crippen molar-refractivity contribution in [3.8, 4) is 23.1 Å². The van der Waals surface area contributed by atoms with E-state index in [9.17, 15) is 0 Å². The van der Waals surface area contributed by atoms with Gasteiger partial charge in [0.2, 0.25) is 5.88 Å². The first kappa shape index (κ1) is 17.5. The number of nitrogens with zero attached hydrogens (tertiary/aromatic N) is 7. The second-order valence-corrected chi connectivity index (χ2v) is 7.15. The summed E-state index contributed by atoms with van der Waals surface area (Å²) in [5.74, 6) is 2.29. The van der Waals surface area contributed by atoms with Crippen LogP contribution in [0.4, 0.5) is 0 Å². The van der Waals surface area contributed by atoms with E-state index in [1.54, 1.807) is 19.6 Å². The van der Waals surface area contributed by atoms with Crippen LogP contribution in [0.25, 0.3) is 17.2 Å². The van der Waals surface area contributed by atoms with Gasteiger partial charge in [-0.3, -0.25) is 4.98 Å². The number of imidazole rings is 1. The van der Waals surface area contributed by atoms with Crippen LogP contribution < -0.4 is 4.74 Å². The number of pyridine rings is 2. The molecule has 0 saturated heterocycles. The van der Waals surface area contributed by atoms with Gasteiger partial charge in [-0.05, 0) is 43.5 Å². The number of aryl methyl sites for hydroxylation is 2. The molecule has 1 atom stereocenters. The molecule has 1 aliphatic rings. The minimum atomic E-state index is 0.203. The quantitative estimate of drug-likeness (QED) is 0.535. The third-order valence-corrected chi connectivity index (χ3v) is 5.21. The lowest BCUT2D eigenvalue weighted by molar-refractivity contribution is 0.396. The molecule has 29 heavy (non-hydrogen) atoms. The topological polar surface area (TPSA) is 83.5 Å². The molecule has 0 N–H and O–H groups in total. The highest BCUT2D eigenvalue weighted by Crippen LogP contribution is 2.33. The summed E-state index contributed by atoms with van der Waals surface area (Å²) in [6.07, 6.45) is 9.50. The summed E-state index contributed by atoms with van der Waals surface area (Å²) in [5, 5.41) is 4.73. The summed E-state index contributed by atoms with van der Waals surface area (Å²) < 4.78 is 9.43. The fourth-order valence-electron chi connectivity index (χ4n) is 3.81. The van der Waals surface area contributed by atoms with Crippen molar-refractivity contribution in [3.63, 3.8) is 0 Å². The van der Waals surface area contributed by atoms with Crippen molar-refractivity contribution in [2.45, 2.75) is 32.2 Å². The van der Waals surface area contributed by atoms with Crippen LogP contribution in [-0.4, -0.2) is 41.4 Å². The maximum Gasteiger partial charge on any atom is 0.238 e. The van der Waals surface area contributed by atoms with Gasteiger partial charge in [0.25, 0.3) is 0 Å². The average Bonchev–Trinajstić information content (AvgIpc) is 3.40. The summed E-state index contributed by atoms with van der Waals surface area (Å²) in [7, 11) is 1.61. The molecule has 0 amide bonds. The number of aromatic nitrogens is 7. The molecule has 0 fully saturated rings. The molecular weight excluding hydrogens is 366 g/mol. The van der Waals surface area contributed by atoms with E-state index in [4.69, 9.17) is 14.8 Å². The standard InChI is InChI=1S/C21H21N7O/c1-14-12-27(13-23-14)18-8-7-17(24-21(18)29-2)19-25-20-16(6-4-10-28(20)26-19)15-5-3-9-22-11-15/h3,5,7-9,11-13,16H,4,6,10H2,1-2H3/t16-/m1/s1. The molecule has 0 aromatic carbocycles. The van der Waals surface area contributed by atoms with E-state index in [-0.39, 0.29) is 5.92 Å². The molecule has 0 radical (unpaired) electrons. The third-order valence-electron chi connectivity index (χ3n) is 5.21. The van der Waals surface area contributed by atoms with Gasteiger partial charge in [-0.1, -0.05) is 6.07 Å². The Labute approximate surface area is 168 Å².